The normalized spacial score (nSPS) is 10.9. The number of amides is 1. The van der Waals surface area contributed by atoms with E-state index in [9.17, 15) is 4.79 Å². The number of pyridine rings is 2. The topological polar surface area (TPSA) is 83.4 Å². The van der Waals surface area contributed by atoms with Crippen LogP contribution in [0.15, 0.2) is 54.2 Å². The van der Waals surface area contributed by atoms with Crippen LogP contribution in [0.4, 0.5) is 0 Å². The molecule has 0 radical (unpaired) electrons. The van der Waals surface area contributed by atoms with Crippen molar-refractivity contribution >= 4 is 12.1 Å². The second kappa shape index (κ2) is 7.87. The van der Waals surface area contributed by atoms with E-state index in [-0.39, 0.29) is 0 Å². The lowest BCUT2D eigenvalue weighted by Crippen LogP contribution is -2.35. The Balaban J connectivity index is 1.75. The predicted molar refractivity (Wildman–Crippen MR) is 80.4 cm³/mol. The fraction of sp³-hybridized carbons (Fsp3) is 0.250. The van der Waals surface area contributed by atoms with Gasteiger partial charge in [-0.1, -0.05) is 5.16 Å². The first-order chi connectivity index (χ1) is 10.7. The number of rotatable bonds is 7. The Morgan fingerprint density at radius 2 is 1.55 bits per heavy atom. The highest BCUT2D eigenvalue weighted by molar-refractivity contribution is 5.92. The van der Waals surface area contributed by atoms with Crippen molar-refractivity contribution in [1.82, 2.24) is 0 Å². The highest BCUT2D eigenvalue weighted by atomic mass is 16.4. The smallest absolute Gasteiger partial charge is 0.249 e. The largest absolute Gasteiger partial charge is 0.411 e. The van der Waals surface area contributed by atoms with Crippen molar-refractivity contribution in [3.63, 3.8) is 0 Å². The molecule has 0 atom stereocenters. The van der Waals surface area contributed by atoms with Gasteiger partial charge < -0.3 is 10.9 Å². The Labute approximate surface area is 129 Å². The number of aryl methyl sites for hydroxylation is 2. The molecule has 0 aliphatic heterocycles. The first-order valence-electron chi connectivity index (χ1n) is 7.14. The third-order valence-corrected chi connectivity index (χ3v) is 3.38. The third kappa shape index (κ3) is 4.66. The molecule has 114 valence electrons. The van der Waals surface area contributed by atoms with Crippen molar-refractivity contribution in [3.8, 4) is 0 Å². The highest BCUT2D eigenvalue weighted by Gasteiger charge is 2.06. The van der Waals surface area contributed by atoms with Gasteiger partial charge in [0.15, 0.2) is 24.8 Å². The van der Waals surface area contributed by atoms with Gasteiger partial charge in [-0.25, -0.2) is 9.13 Å². The average molecular weight is 300 g/mol. The molecular weight excluding hydrogens is 280 g/mol. The summed E-state index contributed by atoms with van der Waals surface area (Å²) in [6.07, 6.45) is 11.1. The molecule has 0 aromatic carbocycles. The maximum Gasteiger partial charge on any atom is 0.249 e. The van der Waals surface area contributed by atoms with E-state index in [0.717, 1.165) is 31.5 Å². The molecule has 3 N–H and O–H groups in total. The van der Waals surface area contributed by atoms with Crippen LogP contribution in [0.25, 0.3) is 0 Å². The molecule has 2 aromatic heterocycles. The van der Waals surface area contributed by atoms with Crippen molar-refractivity contribution in [2.24, 2.45) is 10.9 Å². The minimum absolute atomic E-state index is 0.404. The standard InChI is InChI=1S/C16H18N4O2/c17-16(21)15-5-11-20(12-6-15)8-2-1-7-19-9-3-14(4-10-19)13-18-22/h3-6,9-13H,1-2,7-8H2,(H-,17,21)/p+2. The van der Waals surface area contributed by atoms with E-state index in [2.05, 4.69) is 9.72 Å². The van der Waals surface area contributed by atoms with Crippen LogP contribution in [0.3, 0.4) is 0 Å². The zero-order valence-corrected chi connectivity index (χ0v) is 12.3. The minimum Gasteiger partial charge on any atom is -0.411 e. The monoisotopic (exact) mass is 300 g/mol. The number of nitrogens with zero attached hydrogens (tertiary/aromatic N) is 3. The molecule has 0 unspecified atom stereocenters. The van der Waals surface area contributed by atoms with Gasteiger partial charge in [0, 0.05) is 42.7 Å². The van der Waals surface area contributed by atoms with Gasteiger partial charge in [-0.15, -0.1) is 0 Å². The van der Waals surface area contributed by atoms with Crippen molar-refractivity contribution in [3.05, 3.63) is 60.2 Å². The van der Waals surface area contributed by atoms with E-state index in [0.29, 0.717) is 5.56 Å². The molecule has 1 amide bonds. The van der Waals surface area contributed by atoms with Gasteiger partial charge in [-0.05, 0) is 0 Å². The van der Waals surface area contributed by atoms with Crippen molar-refractivity contribution in [2.45, 2.75) is 25.9 Å². The number of hydrogen-bond donors (Lipinski definition) is 2. The van der Waals surface area contributed by atoms with Crippen molar-refractivity contribution < 1.29 is 19.1 Å². The van der Waals surface area contributed by atoms with E-state index in [1.54, 1.807) is 12.1 Å². The van der Waals surface area contributed by atoms with Crippen LogP contribution < -0.4 is 14.9 Å². The fourth-order valence-corrected chi connectivity index (χ4v) is 2.13. The molecular formula is C16H20N4O2+2. The predicted octanol–water partition coefficient (Wildman–Crippen LogP) is 0.649. The Morgan fingerprint density at radius 3 is 2.00 bits per heavy atom. The lowest BCUT2D eigenvalue weighted by atomic mass is 10.2. The number of nitrogens with two attached hydrogens (primary N) is 1. The fourth-order valence-electron chi connectivity index (χ4n) is 2.13. The van der Waals surface area contributed by atoms with Crippen LogP contribution in [0, 0.1) is 0 Å². The van der Waals surface area contributed by atoms with Crippen LogP contribution in [-0.4, -0.2) is 17.3 Å². The van der Waals surface area contributed by atoms with Gasteiger partial charge in [0.1, 0.15) is 13.1 Å². The Bertz CT molecular complexity index is 636. The number of aromatic nitrogens is 2. The molecule has 6 nitrogen and oxygen atoms in total. The molecule has 0 fully saturated rings. The quantitative estimate of drug-likeness (QED) is 0.259. The zero-order chi connectivity index (χ0) is 15.8. The maximum absolute atomic E-state index is 11.0. The van der Waals surface area contributed by atoms with Crippen LogP contribution in [0.1, 0.15) is 28.8 Å². The van der Waals surface area contributed by atoms with Gasteiger partial charge in [-0.2, -0.15) is 0 Å². The maximum atomic E-state index is 11.0. The number of oxime groups is 1. The summed E-state index contributed by atoms with van der Waals surface area (Å²) in [6, 6.07) is 7.27. The zero-order valence-electron chi connectivity index (χ0n) is 12.3. The van der Waals surface area contributed by atoms with E-state index < -0.39 is 5.91 Å². The van der Waals surface area contributed by atoms with Crippen molar-refractivity contribution in [2.75, 3.05) is 0 Å². The molecule has 0 aliphatic rings. The number of unbranched alkanes of at least 4 members (excludes halogenated alkanes) is 1. The molecule has 2 heterocycles. The second-order valence-corrected chi connectivity index (χ2v) is 5.01. The molecule has 2 rings (SSSR count). The summed E-state index contributed by atoms with van der Waals surface area (Å²) in [6.45, 7) is 1.82. The minimum atomic E-state index is -0.404. The first kappa shape index (κ1) is 15.6. The van der Waals surface area contributed by atoms with Crippen LogP contribution in [-0.2, 0) is 13.1 Å². The Kier molecular flexibility index (Phi) is 5.59. The molecule has 0 spiro atoms. The number of carbonyl (C=O) groups is 1. The lowest BCUT2D eigenvalue weighted by Gasteiger charge is -1.98. The van der Waals surface area contributed by atoms with Crippen LogP contribution in [0.5, 0.6) is 0 Å². The third-order valence-electron chi connectivity index (χ3n) is 3.38. The molecule has 0 saturated carbocycles. The average Bonchev–Trinajstić information content (AvgIpc) is 2.54. The Morgan fingerprint density at radius 1 is 1.05 bits per heavy atom. The van der Waals surface area contributed by atoms with Crippen LogP contribution in [0.2, 0.25) is 0 Å². The summed E-state index contributed by atoms with van der Waals surface area (Å²) >= 11 is 0. The highest BCUT2D eigenvalue weighted by Crippen LogP contribution is 1.95. The van der Waals surface area contributed by atoms with Gasteiger partial charge in [-0.3, -0.25) is 4.79 Å². The lowest BCUT2D eigenvalue weighted by molar-refractivity contribution is -0.708. The molecule has 0 aliphatic carbocycles. The van der Waals surface area contributed by atoms with Gasteiger partial charge in [0.2, 0.25) is 5.91 Å². The van der Waals surface area contributed by atoms with Gasteiger partial charge in [0.05, 0.1) is 11.8 Å². The van der Waals surface area contributed by atoms with E-state index in [1.807, 2.05) is 41.5 Å². The summed E-state index contributed by atoms with van der Waals surface area (Å²) in [5.74, 6) is -0.404. The van der Waals surface area contributed by atoms with E-state index in [1.165, 1.54) is 6.21 Å². The van der Waals surface area contributed by atoms with Gasteiger partial charge >= 0.3 is 0 Å². The molecule has 0 bridgehead atoms. The number of hydrogen-bond acceptors (Lipinski definition) is 3. The van der Waals surface area contributed by atoms with Crippen molar-refractivity contribution in [1.29, 1.82) is 0 Å². The molecule has 0 saturated heterocycles. The second-order valence-electron chi connectivity index (χ2n) is 5.01. The van der Waals surface area contributed by atoms with E-state index >= 15 is 0 Å². The number of carbonyl (C=O) groups excluding carboxylic acids is 1. The summed E-state index contributed by atoms with van der Waals surface area (Å²) < 4.78 is 4.13. The molecule has 22 heavy (non-hydrogen) atoms. The van der Waals surface area contributed by atoms with Crippen LogP contribution >= 0.6 is 0 Å². The van der Waals surface area contributed by atoms with E-state index in [4.69, 9.17) is 10.9 Å². The SMILES string of the molecule is NC(=O)c1cc[n+](CCCC[n+]2ccc(/C=N\O)cc2)cc1. The Hall–Kier alpha value is -2.76. The number of primary amides is 1. The summed E-state index contributed by atoms with van der Waals surface area (Å²) in [7, 11) is 0. The summed E-state index contributed by atoms with van der Waals surface area (Å²) in [4.78, 5) is 11.0. The summed E-state index contributed by atoms with van der Waals surface area (Å²) in [5.41, 5.74) is 6.60. The first-order valence-corrected chi connectivity index (χ1v) is 7.14. The molecule has 2 aromatic rings. The summed E-state index contributed by atoms with van der Waals surface area (Å²) in [5, 5.41) is 11.4. The van der Waals surface area contributed by atoms with Gasteiger partial charge in [0.25, 0.3) is 0 Å². The molecule has 6 heteroatoms.